The van der Waals surface area contributed by atoms with Gasteiger partial charge >= 0.3 is 5.97 Å². The second-order valence-electron chi connectivity index (χ2n) is 4.87. The van der Waals surface area contributed by atoms with Gasteiger partial charge in [0.15, 0.2) is 0 Å². The number of carbonyl (C=O) groups excluding carboxylic acids is 1. The first kappa shape index (κ1) is 12.5. The molecular weight excluding hydrogens is 192 g/mol. The lowest BCUT2D eigenvalue weighted by Crippen LogP contribution is -2.31. The van der Waals surface area contributed by atoms with Gasteiger partial charge < -0.3 is 9.84 Å². The Labute approximate surface area is 91.8 Å². The van der Waals surface area contributed by atoms with Gasteiger partial charge in [0.2, 0.25) is 0 Å². The molecule has 3 nitrogen and oxygen atoms in total. The maximum Gasteiger partial charge on any atom is 0.308 e. The molecule has 0 bridgehead atoms. The van der Waals surface area contributed by atoms with Crippen LogP contribution in [-0.2, 0) is 9.53 Å². The second-order valence-corrected chi connectivity index (χ2v) is 4.87. The summed E-state index contributed by atoms with van der Waals surface area (Å²) in [5.41, 5.74) is 0. The van der Waals surface area contributed by atoms with Crippen molar-refractivity contribution in [2.24, 2.45) is 17.8 Å². The van der Waals surface area contributed by atoms with E-state index in [2.05, 4.69) is 0 Å². The smallest absolute Gasteiger partial charge is 0.308 e. The van der Waals surface area contributed by atoms with Gasteiger partial charge in [-0.1, -0.05) is 13.8 Å². The predicted octanol–water partition coefficient (Wildman–Crippen LogP) is 1.98. The zero-order valence-electron chi connectivity index (χ0n) is 9.90. The summed E-state index contributed by atoms with van der Waals surface area (Å²) in [6, 6.07) is 0. The number of esters is 1. The van der Waals surface area contributed by atoms with Gasteiger partial charge in [-0.15, -0.1) is 0 Å². The minimum absolute atomic E-state index is 0.0608. The predicted molar refractivity (Wildman–Crippen MR) is 58.3 cm³/mol. The summed E-state index contributed by atoms with van der Waals surface area (Å²) in [4.78, 5) is 11.3. The summed E-state index contributed by atoms with van der Waals surface area (Å²) >= 11 is 0. The molecule has 15 heavy (non-hydrogen) atoms. The van der Waals surface area contributed by atoms with Crippen molar-refractivity contribution in [3.05, 3.63) is 0 Å². The van der Waals surface area contributed by atoms with E-state index in [1.807, 2.05) is 13.8 Å². The van der Waals surface area contributed by atoms with Gasteiger partial charge in [-0.25, -0.2) is 0 Å². The van der Waals surface area contributed by atoms with Crippen molar-refractivity contribution >= 4 is 5.97 Å². The SMILES string of the molecule is COC(=O)[C@H]1CC[C@H](C(O)C(C)C)CC1. The van der Waals surface area contributed by atoms with Crippen molar-refractivity contribution in [1.29, 1.82) is 0 Å². The van der Waals surface area contributed by atoms with Crippen molar-refractivity contribution in [1.82, 2.24) is 0 Å². The van der Waals surface area contributed by atoms with Crippen molar-refractivity contribution in [2.75, 3.05) is 7.11 Å². The van der Waals surface area contributed by atoms with E-state index in [0.29, 0.717) is 11.8 Å². The summed E-state index contributed by atoms with van der Waals surface area (Å²) in [5.74, 6) is 0.647. The van der Waals surface area contributed by atoms with Crippen molar-refractivity contribution in [2.45, 2.75) is 45.6 Å². The molecule has 1 aliphatic rings. The Kier molecular flexibility index (Phi) is 4.58. The van der Waals surface area contributed by atoms with Crippen LogP contribution in [0.1, 0.15) is 39.5 Å². The van der Waals surface area contributed by atoms with E-state index < -0.39 is 0 Å². The fourth-order valence-electron chi connectivity index (χ4n) is 2.41. The summed E-state index contributed by atoms with van der Waals surface area (Å²) in [5, 5.41) is 9.92. The summed E-state index contributed by atoms with van der Waals surface area (Å²) in [6.45, 7) is 4.08. The summed E-state index contributed by atoms with van der Waals surface area (Å²) < 4.78 is 4.73. The third-order valence-corrected chi connectivity index (χ3v) is 3.47. The van der Waals surface area contributed by atoms with E-state index in [-0.39, 0.29) is 18.0 Å². The maximum atomic E-state index is 11.3. The second kappa shape index (κ2) is 5.50. The zero-order chi connectivity index (χ0) is 11.4. The van der Waals surface area contributed by atoms with Gasteiger partial charge in [-0.3, -0.25) is 4.79 Å². The van der Waals surface area contributed by atoms with Crippen molar-refractivity contribution < 1.29 is 14.6 Å². The minimum atomic E-state index is -0.219. The van der Waals surface area contributed by atoms with Crippen LogP contribution in [-0.4, -0.2) is 24.3 Å². The van der Waals surface area contributed by atoms with Gasteiger partial charge in [0, 0.05) is 0 Å². The number of rotatable bonds is 3. The van der Waals surface area contributed by atoms with Crippen LogP contribution in [0.2, 0.25) is 0 Å². The lowest BCUT2D eigenvalue weighted by atomic mass is 9.77. The number of hydrogen-bond donors (Lipinski definition) is 1. The van der Waals surface area contributed by atoms with E-state index in [1.54, 1.807) is 0 Å². The Hall–Kier alpha value is -0.570. The highest BCUT2D eigenvalue weighted by Crippen LogP contribution is 2.33. The number of carbonyl (C=O) groups is 1. The molecule has 88 valence electrons. The molecule has 1 fully saturated rings. The molecule has 0 spiro atoms. The average molecular weight is 214 g/mol. The van der Waals surface area contributed by atoms with E-state index in [0.717, 1.165) is 25.7 Å². The quantitative estimate of drug-likeness (QED) is 0.731. The number of hydrogen-bond acceptors (Lipinski definition) is 3. The standard InChI is InChI=1S/C12H22O3/c1-8(2)11(13)9-4-6-10(7-5-9)12(14)15-3/h8-11,13H,4-7H2,1-3H3/t9-,10-,11?. The monoisotopic (exact) mass is 214 g/mol. The summed E-state index contributed by atoms with van der Waals surface area (Å²) in [6.07, 6.45) is 3.39. The van der Waals surface area contributed by atoms with Gasteiger partial charge in [0.25, 0.3) is 0 Å². The molecule has 3 heteroatoms. The Bertz CT molecular complexity index is 205. The van der Waals surface area contributed by atoms with Crippen LogP contribution in [0, 0.1) is 17.8 Å². The van der Waals surface area contributed by atoms with Crippen LogP contribution in [0.3, 0.4) is 0 Å². The largest absolute Gasteiger partial charge is 0.469 e. The first-order valence-electron chi connectivity index (χ1n) is 5.82. The maximum absolute atomic E-state index is 11.3. The summed E-state index contributed by atoms with van der Waals surface area (Å²) in [7, 11) is 1.44. The van der Waals surface area contributed by atoms with E-state index in [4.69, 9.17) is 4.74 Å². The average Bonchev–Trinajstić information content (AvgIpc) is 2.27. The molecule has 1 rings (SSSR count). The molecule has 0 saturated heterocycles. The minimum Gasteiger partial charge on any atom is -0.469 e. The molecule has 1 saturated carbocycles. The molecule has 0 aromatic carbocycles. The van der Waals surface area contributed by atoms with Gasteiger partial charge in [-0.2, -0.15) is 0 Å². The molecular formula is C12H22O3. The Morgan fingerprint density at radius 3 is 2.20 bits per heavy atom. The van der Waals surface area contributed by atoms with Crippen LogP contribution in [0.4, 0.5) is 0 Å². The topological polar surface area (TPSA) is 46.5 Å². The highest BCUT2D eigenvalue weighted by Gasteiger charge is 2.31. The molecule has 0 radical (unpaired) electrons. The molecule has 0 heterocycles. The number of aliphatic hydroxyl groups is 1. The van der Waals surface area contributed by atoms with E-state index in [1.165, 1.54) is 7.11 Å². The number of ether oxygens (including phenoxy) is 1. The lowest BCUT2D eigenvalue weighted by molar-refractivity contribution is -0.147. The van der Waals surface area contributed by atoms with Crippen LogP contribution < -0.4 is 0 Å². The highest BCUT2D eigenvalue weighted by molar-refractivity contribution is 5.72. The molecule has 0 aliphatic heterocycles. The molecule has 1 N–H and O–H groups in total. The molecule has 0 aromatic rings. The number of methoxy groups -OCH3 is 1. The Balaban J connectivity index is 2.39. The van der Waals surface area contributed by atoms with Crippen LogP contribution in [0.25, 0.3) is 0 Å². The van der Waals surface area contributed by atoms with Gasteiger partial charge in [0.1, 0.15) is 0 Å². The molecule has 0 amide bonds. The molecule has 1 unspecified atom stereocenters. The van der Waals surface area contributed by atoms with Crippen molar-refractivity contribution in [3.8, 4) is 0 Å². The van der Waals surface area contributed by atoms with Gasteiger partial charge in [0.05, 0.1) is 19.1 Å². The molecule has 1 aliphatic carbocycles. The first-order valence-corrected chi connectivity index (χ1v) is 5.82. The Morgan fingerprint density at radius 2 is 1.80 bits per heavy atom. The van der Waals surface area contributed by atoms with Crippen molar-refractivity contribution in [3.63, 3.8) is 0 Å². The normalized spacial score (nSPS) is 28.9. The van der Waals surface area contributed by atoms with Crippen LogP contribution in [0.5, 0.6) is 0 Å². The number of aliphatic hydroxyl groups excluding tert-OH is 1. The lowest BCUT2D eigenvalue weighted by Gasteiger charge is -2.31. The van der Waals surface area contributed by atoms with E-state index in [9.17, 15) is 9.90 Å². The third kappa shape index (κ3) is 3.20. The fraction of sp³-hybridized carbons (Fsp3) is 0.917. The van der Waals surface area contributed by atoms with Gasteiger partial charge in [-0.05, 0) is 37.5 Å². The third-order valence-electron chi connectivity index (χ3n) is 3.47. The fourth-order valence-corrected chi connectivity index (χ4v) is 2.41. The van der Waals surface area contributed by atoms with Crippen LogP contribution in [0.15, 0.2) is 0 Å². The zero-order valence-corrected chi connectivity index (χ0v) is 9.90. The molecule has 1 atom stereocenters. The first-order chi connectivity index (χ1) is 7.06. The van der Waals surface area contributed by atoms with E-state index >= 15 is 0 Å². The highest BCUT2D eigenvalue weighted by atomic mass is 16.5. The molecule has 0 aromatic heterocycles. The van der Waals surface area contributed by atoms with Crippen LogP contribution >= 0.6 is 0 Å². The Morgan fingerprint density at radius 1 is 1.27 bits per heavy atom.